The number of guanidine groups is 1. The molecule has 0 unspecified atom stereocenters. The van der Waals surface area contributed by atoms with Gasteiger partial charge in [-0.15, -0.1) is 24.0 Å². The summed E-state index contributed by atoms with van der Waals surface area (Å²) < 4.78 is 0. The topological polar surface area (TPSA) is 79.5 Å². The molecule has 0 aliphatic rings. The van der Waals surface area contributed by atoms with Crippen molar-refractivity contribution in [1.29, 1.82) is 0 Å². The minimum atomic E-state index is -0.0897. The van der Waals surface area contributed by atoms with Crippen LogP contribution >= 0.6 is 24.0 Å². The van der Waals surface area contributed by atoms with Crippen molar-refractivity contribution < 1.29 is 4.79 Å². The van der Waals surface area contributed by atoms with Crippen LogP contribution in [0.4, 0.5) is 0 Å². The molecule has 0 atom stereocenters. The van der Waals surface area contributed by atoms with E-state index in [2.05, 4.69) is 29.5 Å². The van der Waals surface area contributed by atoms with E-state index in [1.165, 1.54) is 0 Å². The van der Waals surface area contributed by atoms with Crippen molar-refractivity contribution in [2.45, 2.75) is 20.4 Å². The zero-order chi connectivity index (χ0) is 14.3. The van der Waals surface area contributed by atoms with Gasteiger partial charge in [-0.3, -0.25) is 4.79 Å². The van der Waals surface area contributed by atoms with E-state index in [1.54, 1.807) is 19.2 Å². The van der Waals surface area contributed by atoms with Gasteiger partial charge in [0.15, 0.2) is 5.96 Å². The normalized spacial score (nSPS) is 10.9. The van der Waals surface area contributed by atoms with Gasteiger partial charge in [0.05, 0.1) is 6.54 Å². The zero-order valence-corrected chi connectivity index (χ0v) is 14.5. The van der Waals surface area contributed by atoms with E-state index in [9.17, 15) is 4.79 Å². The van der Waals surface area contributed by atoms with Gasteiger partial charge in [0.1, 0.15) is 0 Å². The summed E-state index contributed by atoms with van der Waals surface area (Å²) in [5.41, 5.74) is 7.40. The lowest BCUT2D eigenvalue weighted by molar-refractivity contribution is 0.0963. The van der Waals surface area contributed by atoms with E-state index in [-0.39, 0.29) is 29.9 Å². The van der Waals surface area contributed by atoms with Gasteiger partial charge < -0.3 is 16.4 Å². The maximum absolute atomic E-state index is 11.4. The van der Waals surface area contributed by atoms with E-state index in [0.717, 1.165) is 12.1 Å². The summed E-state index contributed by atoms with van der Waals surface area (Å²) >= 11 is 0. The first-order chi connectivity index (χ1) is 9.02. The number of nitrogens with one attached hydrogen (secondary N) is 2. The van der Waals surface area contributed by atoms with Gasteiger partial charge in [-0.05, 0) is 23.6 Å². The highest BCUT2D eigenvalue weighted by molar-refractivity contribution is 14.0. The number of benzene rings is 1. The molecule has 0 bridgehead atoms. The Kier molecular flexibility index (Phi) is 8.94. The lowest BCUT2D eigenvalue weighted by Gasteiger charge is -2.08. The van der Waals surface area contributed by atoms with Crippen LogP contribution in [0.25, 0.3) is 0 Å². The molecule has 1 aromatic carbocycles. The molecular formula is C14H23IN4O. The van der Waals surface area contributed by atoms with Crippen molar-refractivity contribution in [3.05, 3.63) is 35.4 Å². The first kappa shape index (κ1) is 18.7. The molecule has 0 radical (unpaired) electrons. The third kappa shape index (κ3) is 6.74. The van der Waals surface area contributed by atoms with Gasteiger partial charge in [0, 0.05) is 19.2 Å². The van der Waals surface area contributed by atoms with E-state index in [1.807, 2.05) is 12.1 Å². The Hall–Kier alpha value is -1.31. The highest BCUT2D eigenvalue weighted by Gasteiger charge is 2.02. The predicted octanol–water partition coefficient (Wildman–Crippen LogP) is 1.72. The lowest BCUT2D eigenvalue weighted by Crippen LogP contribution is -2.34. The molecule has 6 heteroatoms. The first-order valence-corrected chi connectivity index (χ1v) is 6.37. The Morgan fingerprint density at radius 1 is 1.30 bits per heavy atom. The van der Waals surface area contributed by atoms with Crippen LogP contribution in [-0.4, -0.2) is 25.5 Å². The molecule has 1 rings (SSSR count). The van der Waals surface area contributed by atoms with Crippen molar-refractivity contribution in [1.82, 2.24) is 10.6 Å². The Labute approximate surface area is 137 Å². The number of rotatable bonds is 5. The minimum Gasteiger partial charge on any atom is -0.370 e. The number of aliphatic imine (C=N–C) groups is 1. The van der Waals surface area contributed by atoms with Crippen LogP contribution < -0.4 is 16.4 Å². The molecule has 0 spiro atoms. The SMILES string of the molecule is CNC(=O)c1ccc(CN=C(N)NCC(C)C)cc1.I. The minimum absolute atomic E-state index is 0. The van der Waals surface area contributed by atoms with Crippen molar-refractivity contribution in [3.8, 4) is 0 Å². The Balaban J connectivity index is 0.00000361. The molecule has 0 saturated heterocycles. The molecule has 1 aromatic rings. The highest BCUT2D eigenvalue weighted by atomic mass is 127. The maximum Gasteiger partial charge on any atom is 0.251 e. The average Bonchev–Trinajstić information content (AvgIpc) is 2.42. The molecule has 112 valence electrons. The average molecular weight is 390 g/mol. The second kappa shape index (κ2) is 9.57. The standard InChI is InChI=1S/C14H22N4O.HI/c1-10(2)8-17-14(15)18-9-11-4-6-12(7-5-11)13(19)16-3;/h4-7,10H,8-9H2,1-3H3,(H,16,19)(H3,15,17,18);1H. The lowest BCUT2D eigenvalue weighted by atomic mass is 10.1. The van der Waals surface area contributed by atoms with Gasteiger partial charge in [-0.1, -0.05) is 26.0 Å². The van der Waals surface area contributed by atoms with Crippen molar-refractivity contribution in [2.24, 2.45) is 16.6 Å². The fraction of sp³-hybridized carbons (Fsp3) is 0.429. The quantitative estimate of drug-likeness (QED) is 0.407. The Bertz CT molecular complexity index is 443. The molecule has 0 heterocycles. The van der Waals surface area contributed by atoms with Gasteiger partial charge in [-0.2, -0.15) is 0 Å². The van der Waals surface area contributed by atoms with Crippen LogP contribution in [0.2, 0.25) is 0 Å². The van der Waals surface area contributed by atoms with E-state index in [0.29, 0.717) is 24.0 Å². The number of nitrogens with two attached hydrogens (primary N) is 1. The second-order valence-corrected chi connectivity index (χ2v) is 4.75. The first-order valence-electron chi connectivity index (χ1n) is 6.37. The number of carbonyl (C=O) groups excluding carboxylic acids is 1. The van der Waals surface area contributed by atoms with Gasteiger partial charge in [0.2, 0.25) is 0 Å². The molecular weight excluding hydrogens is 367 g/mol. The summed E-state index contributed by atoms with van der Waals surface area (Å²) in [6, 6.07) is 7.32. The molecule has 20 heavy (non-hydrogen) atoms. The van der Waals surface area contributed by atoms with Crippen molar-refractivity contribution >= 4 is 35.8 Å². The van der Waals surface area contributed by atoms with Gasteiger partial charge in [0.25, 0.3) is 5.91 Å². The molecule has 0 fully saturated rings. The van der Waals surface area contributed by atoms with Gasteiger partial charge >= 0.3 is 0 Å². The molecule has 0 aromatic heterocycles. The molecule has 5 nitrogen and oxygen atoms in total. The van der Waals surface area contributed by atoms with Crippen LogP contribution in [-0.2, 0) is 6.54 Å². The number of halogens is 1. The van der Waals surface area contributed by atoms with Crippen LogP contribution in [0, 0.1) is 5.92 Å². The summed E-state index contributed by atoms with van der Waals surface area (Å²) in [7, 11) is 1.61. The summed E-state index contributed by atoms with van der Waals surface area (Å²) in [4.78, 5) is 15.6. The maximum atomic E-state index is 11.4. The summed E-state index contributed by atoms with van der Waals surface area (Å²) in [5.74, 6) is 0.887. The molecule has 0 aliphatic heterocycles. The molecule has 4 N–H and O–H groups in total. The number of amides is 1. The molecule has 0 saturated carbocycles. The third-order valence-corrected chi connectivity index (χ3v) is 2.57. The number of carbonyl (C=O) groups is 1. The predicted molar refractivity (Wildman–Crippen MR) is 93.4 cm³/mol. The summed E-state index contributed by atoms with van der Waals surface area (Å²) in [6.45, 7) is 5.53. The van der Waals surface area contributed by atoms with E-state index < -0.39 is 0 Å². The molecule has 1 amide bonds. The highest BCUT2D eigenvalue weighted by Crippen LogP contribution is 2.05. The Morgan fingerprint density at radius 2 is 1.90 bits per heavy atom. The largest absolute Gasteiger partial charge is 0.370 e. The van der Waals surface area contributed by atoms with Crippen LogP contribution in [0.3, 0.4) is 0 Å². The second-order valence-electron chi connectivity index (χ2n) is 4.75. The van der Waals surface area contributed by atoms with Gasteiger partial charge in [-0.25, -0.2) is 4.99 Å². The zero-order valence-electron chi connectivity index (χ0n) is 12.1. The number of nitrogens with zero attached hydrogens (tertiary/aromatic N) is 1. The van der Waals surface area contributed by atoms with Crippen molar-refractivity contribution in [3.63, 3.8) is 0 Å². The number of hydrogen-bond acceptors (Lipinski definition) is 2. The number of hydrogen-bond donors (Lipinski definition) is 3. The van der Waals surface area contributed by atoms with Crippen LogP contribution in [0.1, 0.15) is 29.8 Å². The van der Waals surface area contributed by atoms with E-state index >= 15 is 0 Å². The fourth-order valence-electron chi connectivity index (χ4n) is 1.45. The van der Waals surface area contributed by atoms with E-state index in [4.69, 9.17) is 5.73 Å². The van der Waals surface area contributed by atoms with Crippen LogP contribution in [0.15, 0.2) is 29.3 Å². The molecule has 0 aliphatic carbocycles. The van der Waals surface area contributed by atoms with Crippen molar-refractivity contribution in [2.75, 3.05) is 13.6 Å². The Morgan fingerprint density at radius 3 is 2.40 bits per heavy atom. The third-order valence-electron chi connectivity index (χ3n) is 2.57. The van der Waals surface area contributed by atoms with Crippen LogP contribution in [0.5, 0.6) is 0 Å². The summed E-state index contributed by atoms with van der Waals surface area (Å²) in [5, 5.41) is 5.64. The monoisotopic (exact) mass is 390 g/mol. The fourth-order valence-corrected chi connectivity index (χ4v) is 1.45. The summed E-state index contributed by atoms with van der Waals surface area (Å²) in [6.07, 6.45) is 0. The smallest absolute Gasteiger partial charge is 0.251 e.